The van der Waals surface area contributed by atoms with E-state index in [1.54, 1.807) is 12.1 Å². The normalized spacial score (nSPS) is 24.4. The number of carbonyl (C=O) groups is 1. The van der Waals surface area contributed by atoms with Crippen LogP contribution < -0.4 is 5.32 Å². The van der Waals surface area contributed by atoms with Gasteiger partial charge in [0.05, 0.1) is 19.3 Å². The number of hydrogen-bond acceptors (Lipinski definition) is 4. The molecule has 1 aliphatic carbocycles. The van der Waals surface area contributed by atoms with Crippen LogP contribution >= 0.6 is 24.8 Å². The van der Waals surface area contributed by atoms with Gasteiger partial charge in [0.1, 0.15) is 5.82 Å². The Labute approximate surface area is 185 Å². The van der Waals surface area contributed by atoms with Gasteiger partial charge in [-0.2, -0.15) is 0 Å². The Bertz CT molecular complexity index is 667. The highest BCUT2D eigenvalue weighted by Crippen LogP contribution is 2.39. The van der Waals surface area contributed by atoms with Crippen molar-refractivity contribution in [2.75, 3.05) is 45.9 Å². The van der Waals surface area contributed by atoms with Crippen molar-refractivity contribution in [2.45, 2.75) is 43.7 Å². The summed E-state index contributed by atoms with van der Waals surface area (Å²) < 4.78 is 19.3. The van der Waals surface area contributed by atoms with Gasteiger partial charge in [-0.3, -0.25) is 9.69 Å². The lowest BCUT2D eigenvalue weighted by Crippen LogP contribution is -2.56. The van der Waals surface area contributed by atoms with Gasteiger partial charge in [-0.1, -0.05) is 25.0 Å². The molecule has 29 heavy (non-hydrogen) atoms. The first kappa shape index (κ1) is 24.4. The third-order valence-electron chi connectivity index (χ3n) is 6.49. The predicted molar refractivity (Wildman–Crippen MR) is 116 cm³/mol. The molecule has 0 aromatic heterocycles. The minimum Gasteiger partial charge on any atom is -0.379 e. The zero-order valence-corrected chi connectivity index (χ0v) is 18.4. The van der Waals surface area contributed by atoms with Gasteiger partial charge in [0.15, 0.2) is 0 Å². The number of nitrogens with one attached hydrogen (secondary N) is 1. The van der Waals surface area contributed by atoms with E-state index < -0.39 is 0 Å². The molecule has 8 heteroatoms. The average molecular weight is 448 g/mol. The minimum absolute atomic E-state index is 0. The number of carbonyl (C=O) groups excluding carboxylic acids is 1. The first-order valence-electron chi connectivity index (χ1n) is 10.3. The third-order valence-corrected chi connectivity index (χ3v) is 6.49. The standard InChI is InChI=1S/C21H30FN3O2.2ClH/c22-18-5-3-4-17(14-18)19-16-23-8-9-25(19)20(26)15-21(6-1-2-7-21)24-10-12-27-13-11-24;;/h3-5,14,19,23H,1-2,6-13,15-16H2;2*1H. The van der Waals surface area contributed by atoms with Crippen LogP contribution in [0.15, 0.2) is 24.3 Å². The number of rotatable bonds is 4. The van der Waals surface area contributed by atoms with Crippen LogP contribution in [0.3, 0.4) is 0 Å². The summed E-state index contributed by atoms with van der Waals surface area (Å²) >= 11 is 0. The fourth-order valence-electron chi connectivity index (χ4n) is 5.07. The van der Waals surface area contributed by atoms with Crippen molar-refractivity contribution in [3.8, 4) is 0 Å². The lowest BCUT2D eigenvalue weighted by atomic mass is 9.89. The quantitative estimate of drug-likeness (QED) is 0.769. The van der Waals surface area contributed by atoms with Gasteiger partial charge in [-0.25, -0.2) is 4.39 Å². The number of morpholine rings is 1. The second-order valence-electron chi connectivity index (χ2n) is 8.07. The molecule has 1 N–H and O–H groups in total. The highest BCUT2D eigenvalue weighted by Gasteiger charge is 2.43. The van der Waals surface area contributed by atoms with E-state index >= 15 is 0 Å². The molecule has 3 fully saturated rings. The third kappa shape index (κ3) is 5.42. The van der Waals surface area contributed by atoms with E-state index in [0.717, 1.165) is 51.3 Å². The molecule has 3 aliphatic rings. The molecule has 1 aromatic rings. The molecule has 1 aromatic carbocycles. The molecule has 0 spiro atoms. The molecule has 0 bridgehead atoms. The van der Waals surface area contributed by atoms with Crippen LogP contribution in [0.5, 0.6) is 0 Å². The topological polar surface area (TPSA) is 44.8 Å². The number of ether oxygens (including phenoxy) is 1. The second-order valence-corrected chi connectivity index (χ2v) is 8.07. The molecule has 0 radical (unpaired) electrons. The van der Waals surface area contributed by atoms with Crippen LogP contribution in [-0.4, -0.2) is 67.2 Å². The van der Waals surface area contributed by atoms with Crippen LogP contribution in [0.25, 0.3) is 0 Å². The fourth-order valence-corrected chi connectivity index (χ4v) is 5.07. The van der Waals surface area contributed by atoms with Gasteiger partial charge in [0.25, 0.3) is 0 Å². The smallest absolute Gasteiger partial charge is 0.225 e. The highest BCUT2D eigenvalue weighted by molar-refractivity contribution is 5.85. The average Bonchev–Trinajstić information content (AvgIpc) is 3.18. The first-order chi connectivity index (χ1) is 13.2. The summed E-state index contributed by atoms with van der Waals surface area (Å²) in [4.78, 5) is 17.9. The summed E-state index contributed by atoms with van der Waals surface area (Å²) in [6, 6.07) is 6.58. The zero-order chi connectivity index (χ0) is 18.7. The molecule has 2 saturated heterocycles. The summed E-state index contributed by atoms with van der Waals surface area (Å²) in [7, 11) is 0. The van der Waals surface area contributed by atoms with E-state index in [1.807, 2.05) is 11.0 Å². The Balaban J connectivity index is 0.00000150. The van der Waals surface area contributed by atoms with Crippen molar-refractivity contribution in [2.24, 2.45) is 0 Å². The molecular formula is C21H32Cl2FN3O2. The number of piperazine rings is 1. The Morgan fingerprint density at radius 1 is 1.17 bits per heavy atom. The van der Waals surface area contributed by atoms with E-state index in [-0.39, 0.29) is 48.1 Å². The Morgan fingerprint density at radius 3 is 2.59 bits per heavy atom. The molecule has 1 amide bonds. The summed E-state index contributed by atoms with van der Waals surface area (Å²) in [5.41, 5.74) is 0.862. The van der Waals surface area contributed by atoms with Crippen LogP contribution in [0.2, 0.25) is 0 Å². The van der Waals surface area contributed by atoms with Crippen LogP contribution in [0.1, 0.15) is 43.7 Å². The largest absolute Gasteiger partial charge is 0.379 e. The van der Waals surface area contributed by atoms with Crippen molar-refractivity contribution in [3.05, 3.63) is 35.6 Å². The first-order valence-corrected chi connectivity index (χ1v) is 10.3. The van der Waals surface area contributed by atoms with Gasteiger partial charge < -0.3 is 15.0 Å². The Morgan fingerprint density at radius 2 is 1.90 bits per heavy atom. The molecule has 164 valence electrons. The maximum atomic E-state index is 13.7. The number of hydrogen-bond donors (Lipinski definition) is 1. The number of nitrogens with zero attached hydrogens (tertiary/aromatic N) is 2. The lowest BCUT2D eigenvalue weighted by Gasteiger charge is -2.45. The molecule has 1 saturated carbocycles. The monoisotopic (exact) mass is 447 g/mol. The Hall–Kier alpha value is -0.920. The van der Waals surface area contributed by atoms with Gasteiger partial charge in [0, 0.05) is 44.7 Å². The van der Waals surface area contributed by atoms with Crippen molar-refractivity contribution in [3.63, 3.8) is 0 Å². The number of halogens is 3. The van der Waals surface area contributed by atoms with Crippen molar-refractivity contribution >= 4 is 30.7 Å². The summed E-state index contributed by atoms with van der Waals surface area (Å²) in [5, 5.41) is 3.36. The molecule has 4 rings (SSSR count). The van der Waals surface area contributed by atoms with Gasteiger partial charge >= 0.3 is 0 Å². The van der Waals surface area contributed by atoms with Crippen molar-refractivity contribution < 1.29 is 13.9 Å². The van der Waals surface area contributed by atoms with E-state index in [4.69, 9.17) is 4.74 Å². The Kier molecular flexibility index (Phi) is 9.16. The SMILES string of the molecule is Cl.Cl.O=C(CC1(N2CCOCC2)CCCC1)N1CCNCC1c1cccc(F)c1. The number of benzene rings is 1. The molecule has 5 nitrogen and oxygen atoms in total. The maximum absolute atomic E-state index is 13.7. The van der Waals surface area contributed by atoms with Crippen LogP contribution in [-0.2, 0) is 9.53 Å². The molecule has 1 atom stereocenters. The zero-order valence-electron chi connectivity index (χ0n) is 16.8. The van der Waals surface area contributed by atoms with E-state index in [9.17, 15) is 9.18 Å². The van der Waals surface area contributed by atoms with Gasteiger partial charge in [-0.05, 0) is 30.5 Å². The van der Waals surface area contributed by atoms with E-state index in [1.165, 1.54) is 18.9 Å². The number of amides is 1. The summed E-state index contributed by atoms with van der Waals surface area (Å²) in [6.45, 7) is 5.51. The van der Waals surface area contributed by atoms with Crippen LogP contribution in [0, 0.1) is 5.82 Å². The van der Waals surface area contributed by atoms with Crippen molar-refractivity contribution in [1.82, 2.24) is 15.1 Å². The minimum atomic E-state index is -0.244. The maximum Gasteiger partial charge on any atom is 0.225 e. The van der Waals surface area contributed by atoms with Gasteiger partial charge in [0.2, 0.25) is 5.91 Å². The fraction of sp³-hybridized carbons (Fsp3) is 0.667. The molecule has 1 unspecified atom stereocenters. The highest BCUT2D eigenvalue weighted by atomic mass is 35.5. The summed E-state index contributed by atoms with van der Waals surface area (Å²) in [6.07, 6.45) is 5.14. The molecular weight excluding hydrogens is 416 g/mol. The van der Waals surface area contributed by atoms with E-state index in [2.05, 4.69) is 10.2 Å². The van der Waals surface area contributed by atoms with E-state index in [0.29, 0.717) is 19.5 Å². The lowest BCUT2D eigenvalue weighted by molar-refractivity contribution is -0.139. The molecule has 2 aliphatic heterocycles. The van der Waals surface area contributed by atoms with Gasteiger partial charge in [-0.15, -0.1) is 24.8 Å². The molecule has 2 heterocycles. The summed E-state index contributed by atoms with van der Waals surface area (Å²) in [5.74, 6) is -0.0368. The predicted octanol–water partition coefficient (Wildman–Crippen LogP) is 3.18. The second kappa shape index (κ2) is 10.9. The van der Waals surface area contributed by atoms with Crippen molar-refractivity contribution in [1.29, 1.82) is 0 Å². The van der Waals surface area contributed by atoms with Crippen LogP contribution in [0.4, 0.5) is 4.39 Å².